The third-order valence-electron chi connectivity index (χ3n) is 3.84. The number of hydrogen-bond donors (Lipinski definition) is 0. The maximum atomic E-state index is 13.0. The summed E-state index contributed by atoms with van der Waals surface area (Å²) in [6.45, 7) is 0. The number of anilines is 1. The molecule has 0 aliphatic carbocycles. The third-order valence-corrected chi connectivity index (χ3v) is 6.08. The number of sulfone groups is 1. The molecule has 6 nitrogen and oxygen atoms in total. The van der Waals surface area contributed by atoms with Gasteiger partial charge in [-0.1, -0.05) is 6.07 Å². The lowest BCUT2D eigenvalue weighted by Crippen LogP contribution is -2.41. The van der Waals surface area contributed by atoms with E-state index >= 15 is 0 Å². The Balaban J connectivity index is 2.09. The lowest BCUT2D eigenvalue weighted by molar-refractivity contribution is 0.0986. The van der Waals surface area contributed by atoms with E-state index in [1.165, 1.54) is 36.5 Å². The molecule has 1 atom stereocenters. The zero-order chi connectivity index (χ0) is 18.0. The van der Waals surface area contributed by atoms with E-state index in [1.807, 2.05) is 0 Å². The Labute approximate surface area is 150 Å². The van der Waals surface area contributed by atoms with Crippen LogP contribution in [0.2, 0.25) is 0 Å². The second-order valence-electron chi connectivity index (χ2n) is 5.42. The van der Waals surface area contributed by atoms with Gasteiger partial charge in [0.1, 0.15) is 11.5 Å². The molecule has 8 heteroatoms. The molecular weight excluding hydrogens is 362 g/mol. The van der Waals surface area contributed by atoms with Crippen LogP contribution >= 0.6 is 11.3 Å². The molecule has 25 heavy (non-hydrogen) atoms. The summed E-state index contributed by atoms with van der Waals surface area (Å²) in [5.41, 5.74) is 0.494. The van der Waals surface area contributed by atoms with Gasteiger partial charge in [0.25, 0.3) is 5.91 Å². The molecule has 1 amide bonds. The molecular formula is C17H17NO5S2. The van der Waals surface area contributed by atoms with E-state index < -0.39 is 15.9 Å². The lowest BCUT2D eigenvalue weighted by Gasteiger charge is -2.28. The molecule has 0 N–H and O–H groups in total. The van der Waals surface area contributed by atoms with E-state index in [0.29, 0.717) is 22.1 Å². The zero-order valence-electron chi connectivity index (χ0n) is 13.7. The minimum absolute atomic E-state index is 0.153. The Kier molecular flexibility index (Phi) is 4.82. The molecule has 1 aliphatic heterocycles. The minimum Gasteiger partial charge on any atom is -0.497 e. The van der Waals surface area contributed by atoms with Crippen molar-refractivity contribution in [2.45, 2.75) is 6.04 Å². The first-order valence-electron chi connectivity index (χ1n) is 7.45. The Morgan fingerprint density at radius 2 is 2.04 bits per heavy atom. The van der Waals surface area contributed by atoms with Crippen LogP contribution < -0.4 is 14.4 Å². The molecule has 0 fully saturated rings. The smallest absolute Gasteiger partial charge is 0.269 e. The van der Waals surface area contributed by atoms with Crippen molar-refractivity contribution < 1.29 is 22.7 Å². The van der Waals surface area contributed by atoms with Crippen LogP contribution in [0.3, 0.4) is 0 Å². The maximum absolute atomic E-state index is 13.0. The van der Waals surface area contributed by atoms with Gasteiger partial charge in [-0.3, -0.25) is 9.69 Å². The SMILES string of the molecule is COc1ccc(N(C(=O)c2cccs2)C2C=CS(=O)(=O)C2)c(OC)c1. The van der Waals surface area contributed by atoms with E-state index in [2.05, 4.69) is 0 Å². The molecule has 0 bridgehead atoms. The number of methoxy groups -OCH3 is 2. The molecule has 0 radical (unpaired) electrons. The van der Waals surface area contributed by atoms with Gasteiger partial charge in [0.05, 0.1) is 36.6 Å². The monoisotopic (exact) mass is 379 g/mol. The van der Waals surface area contributed by atoms with Crippen molar-refractivity contribution in [1.29, 1.82) is 0 Å². The first-order valence-corrected chi connectivity index (χ1v) is 10.0. The highest BCUT2D eigenvalue weighted by Crippen LogP contribution is 2.36. The predicted octanol–water partition coefficient (Wildman–Crippen LogP) is 2.72. The molecule has 0 spiro atoms. The third kappa shape index (κ3) is 3.54. The van der Waals surface area contributed by atoms with Gasteiger partial charge in [0.15, 0.2) is 9.84 Å². The number of nitrogens with zero attached hydrogens (tertiary/aromatic N) is 1. The molecule has 132 valence electrons. The zero-order valence-corrected chi connectivity index (χ0v) is 15.3. The molecule has 2 aromatic rings. The highest BCUT2D eigenvalue weighted by Gasteiger charge is 2.34. The van der Waals surface area contributed by atoms with Crippen molar-refractivity contribution >= 4 is 32.8 Å². The Hall–Kier alpha value is -2.32. The number of amides is 1. The second-order valence-corrected chi connectivity index (χ2v) is 8.29. The number of ether oxygens (including phenoxy) is 2. The average molecular weight is 379 g/mol. The highest BCUT2D eigenvalue weighted by molar-refractivity contribution is 7.94. The number of carbonyl (C=O) groups excluding carboxylic acids is 1. The van der Waals surface area contributed by atoms with Crippen LogP contribution in [0.4, 0.5) is 5.69 Å². The second kappa shape index (κ2) is 6.89. The molecule has 0 saturated carbocycles. The molecule has 2 heterocycles. The molecule has 3 rings (SSSR count). The van der Waals surface area contributed by atoms with Gasteiger partial charge in [-0.15, -0.1) is 11.3 Å². The standard InChI is InChI=1S/C17H17NO5S2/c1-22-13-5-6-14(15(10-13)23-2)18(12-7-9-25(20,21)11-12)17(19)16-4-3-8-24-16/h3-10,12H,11H2,1-2H3. The van der Waals surface area contributed by atoms with Gasteiger partial charge in [0, 0.05) is 11.5 Å². The first kappa shape index (κ1) is 17.5. The molecule has 0 saturated heterocycles. The topological polar surface area (TPSA) is 72.9 Å². The van der Waals surface area contributed by atoms with Crippen molar-refractivity contribution in [2.24, 2.45) is 0 Å². The van der Waals surface area contributed by atoms with E-state index in [9.17, 15) is 13.2 Å². The van der Waals surface area contributed by atoms with Crippen LogP contribution in [0.15, 0.2) is 47.2 Å². The average Bonchev–Trinajstić information content (AvgIpc) is 3.25. The van der Waals surface area contributed by atoms with Crippen molar-refractivity contribution in [1.82, 2.24) is 0 Å². The van der Waals surface area contributed by atoms with Gasteiger partial charge in [0.2, 0.25) is 0 Å². The largest absolute Gasteiger partial charge is 0.497 e. The Morgan fingerprint density at radius 3 is 2.60 bits per heavy atom. The van der Waals surface area contributed by atoms with Crippen molar-refractivity contribution in [3.8, 4) is 11.5 Å². The van der Waals surface area contributed by atoms with Gasteiger partial charge in [-0.2, -0.15) is 0 Å². The number of benzene rings is 1. The quantitative estimate of drug-likeness (QED) is 0.799. The number of hydrogen-bond acceptors (Lipinski definition) is 6. The summed E-state index contributed by atoms with van der Waals surface area (Å²) in [6, 6.07) is 7.96. The van der Waals surface area contributed by atoms with Crippen LogP contribution in [-0.4, -0.2) is 40.3 Å². The van der Waals surface area contributed by atoms with Crippen LogP contribution in [-0.2, 0) is 9.84 Å². The number of thiophene rings is 1. The molecule has 1 aromatic carbocycles. The van der Waals surface area contributed by atoms with Gasteiger partial charge >= 0.3 is 0 Å². The molecule has 1 aromatic heterocycles. The van der Waals surface area contributed by atoms with E-state index in [0.717, 1.165) is 5.41 Å². The van der Waals surface area contributed by atoms with E-state index in [4.69, 9.17) is 9.47 Å². The summed E-state index contributed by atoms with van der Waals surface area (Å²) >= 11 is 1.30. The van der Waals surface area contributed by atoms with Crippen LogP contribution in [0.25, 0.3) is 0 Å². The van der Waals surface area contributed by atoms with Crippen molar-refractivity contribution in [2.75, 3.05) is 24.9 Å². The van der Waals surface area contributed by atoms with Gasteiger partial charge in [-0.05, 0) is 29.7 Å². The fourth-order valence-electron chi connectivity index (χ4n) is 2.66. The summed E-state index contributed by atoms with van der Waals surface area (Å²) in [5.74, 6) is 0.588. The fourth-order valence-corrected chi connectivity index (χ4v) is 4.59. The maximum Gasteiger partial charge on any atom is 0.269 e. The minimum atomic E-state index is -3.32. The summed E-state index contributed by atoms with van der Waals surface area (Å²) in [4.78, 5) is 15.0. The number of rotatable bonds is 5. The van der Waals surface area contributed by atoms with Gasteiger partial charge < -0.3 is 9.47 Å². The molecule has 1 unspecified atom stereocenters. The van der Waals surface area contributed by atoms with Gasteiger partial charge in [-0.25, -0.2) is 8.42 Å². The van der Waals surface area contributed by atoms with Crippen LogP contribution in [0, 0.1) is 0 Å². The van der Waals surface area contributed by atoms with E-state index in [-0.39, 0.29) is 11.7 Å². The Bertz CT molecular complexity index is 903. The number of carbonyl (C=O) groups is 1. The predicted molar refractivity (Wildman–Crippen MR) is 97.4 cm³/mol. The summed E-state index contributed by atoms with van der Waals surface area (Å²) < 4.78 is 34.3. The first-order chi connectivity index (χ1) is 11.9. The summed E-state index contributed by atoms with van der Waals surface area (Å²) in [6.07, 6.45) is 1.53. The normalized spacial score (nSPS) is 18.1. The Morgan fingerprint density at radius 1 is 1.24 bits per heavy atom. The van der Waals surface area contributed by atoms with Crippen molar-refractivity contribution in [3.63, 3.8) is 0 Å². The van der Waals surface area contributed by atoms with E-state index in [1.54, 1.807) is 35.7 Å². The lowest BCUT2D eigenvalue weighted by atomic mass is 10.2. The molecule has 1 aliphatic rings. The highest BCUT2D eigenvalue weighted by atomic mass is 32.2. The summed E-state index contributed by atoms with van der Waals surface area (Å²) in [7, 11) is -0.289. The van der Waals surface area contributed by atoms with Crippen molar-refractivity contribution in [3.05, 3.63) is 52.1 Å². The van der Waals surface area contributed by atoms with Crippen LogP contribution in [0.5, 0.6) is 11.5 Å². The fraction of sp³-hybridized carbons (Fsp3) is 0.235. The van der Waals surface area contributed by atoms with Crippen LogP contribution in [0.1, 0.15) is 9.67 Å². The summed E-state index contributed by atoms with van der Waals surface area (Å²) in [5, 5.41) is 2.96.